The molecule has 0 saturated carbocycles. The predicted molar refractivity (Wildman–Crippen MR) is 80.2 cm³/mol. The molecule has 0 spiro atoms. The molecule has 116 valence electrons. The number of aromatic nitrogens is 1. The number of carbonyl (C=O) groups is 2. The van der Waals surface area contributed by atoms with Crippen LogP contribution in [-0.4, -0.2) is 57.9 Å². The van der Waals surface area contributed by atoms with Gasteiger partial charge in [-0.1, -0.05) is 0 Å². The van der Waals surface area contributed by atoms with E-state index < -0.39 is 5.97 Å². The molecule has 0 aliphatic carbocycles. The van der Waals surface area contributed by atoms with Crippen LogP contribution in [0.3, 0.4) is 0 Å². The zero-order valence-electron chi connectivity index (χ0n) is 12.2. The molecule has 0 unspecified atom stereocenters. The molecule has 7 heteroatoms. The molecule has 1 aromatic rings. The fourth-order valence-electron chi connectivity index (χ4n) is 2.41. The molecule has 0 aromatic carbocycles. The largest absolute Gasteiger partial charge is 0.481 e. The number of carboxylic acids is 1. The van der Waals surface area contributed by atoms with Crippen molar-refractivity contribution in [3.63, 3.8) is 0 Å². The second-order valence-corrected chi connectivity index (χ2v) is 6.32. The third kappa shape index (κ3) is 5.09. The number of amides is 1. The molecule has 2 heterocycles. The summed E-state index contributed by atoms with van der Waals surface area (Å²) in [6, 6.07) is 0. The maximum atomic E-state index is 12.0. The summed E-state index contributed by atoms with van der Waals surface area (Å²) < 4.78 is 0. The van der Waals surface area contributed by atoms with E-state index in [1.54, 1.807) is 11.3 Å². The lowest BCUT2D eigenvalue weighted by molar-refractivity contribution is -0.137. The molecule has 21 heavy (non-hydrogen) atoms. The summed E-state index contributed by atoms with van der Waals surface area (Å²) in [7, 11) is 0. The van der Waals surface area contributed by atoms with E-state index in [2.05, 4.69) is 15.3 Å². The Balaban J connectivity index is 1.70. The highest BCUT2D eigenvalue weighted by Gasteiger charge is 2.21. The standard InChI is InChI=1S/C14H21N3O3S/c1-11-15-12(10-21-11)9-16-5-7-17(8-6-16)13(18)3-2-4-14(19)20/h10H,2-9H2,1H3,(H,19,20). The highest BCUT2D eigenvalue weighted by atomic mass is 32.1. The molecule has 6 nitrogen and oxygen atoms in total. The summed E-state index contributed by atoms with van der Waals surface area (Å²) in [4.78, 5) is 31.0. The van der Waals surface area contributed by atoms with Crippen molar-refractivity contribution in [2.24, 2.45) is 0 Å². The summed E-state index contributed by atoms with van der Waals surface area (Å²) in [5.41, 5.74) is 1.10. The molecule has 1 aliphatic heterocycles. The summed E-state index contributed by atoms with van der Waals surface area (Å²) >= 11 is 1.66. The van der Waals surface area contributed by atoms with Crippen LogP contribution in [0.15, 0.2) is 5.38 Å². The van der Waals surface area contributed by atoms with E-state index in [1.165, 1.54) is 0 Å². The lowest BCUT2D eigenvalue weighted by Gasteiger charge is -2.34. The van der Waals surface area contributed by atoms with E-state index in [9.17, 15) is 9.59 Å². The van der Waals surface area contributed by atoms with Gasteiger partial charge >= 0.3 is 5.97 Å². The summed E-state index contributed by atoms with van der Waals surface area (Å²) in [5.74, 6) is -0.772. The summed E-state index contributed by atoms with van der Waals surface area (Å²) in [6.07, 6.45) is 0.818. The van der Waals surface area contributed by atoms with Crippen molar-refractivity contribution in [2.45, 2.75) is 32.7 Å². The fraction of sp³-hybridized carbons (Fsp3) is 0.643. The van der Waals surface area contributed by atoms with Crippen LogP contribution in [0.1, 0.15) is 30.0 Å². The molecule has 2 rings (SSSR count). The Morgan fingerprint density at radius 2 is 2.00 bits per heavy atom. The van der Waals surface area contributed by atoms with E-state index in [1.807, 2.05) is 11.8 Å². The Morgan fingerprint density at radius 3 is 2.57 bits per heavy atom. The van der Waals surface area contributed by atoms with Gasteiger partial charge < -0.3 is 10.0 Å². The molecule has 0 bridgehead atoms. The minimum atomic E-state index is -0.842. The molecule has 1 saturated heterocycles. The third-order valence-electron chi connectivity index (χ3n) is 3.56. The normalized spacial score (nSPS) is 16.1. The van der Waals surface area contributed by atoms with Gasteiger partial charge in [-0.05, 0) is 13.3 Å². The van der Waals surface area contributed by atoms with E-state index in [0.29, 0.717) is 12.8 Å². The highest BCUT2D eigenvalue weighted by molar-refractivity contribution is 7.09. The molecule has 0 radical (unpaired) electrons. The van der Waals surface area contributed by atoms with Gasteiger partial charge in [0.05, 0.1) is 10.7 Å². The molecule has 1 amide bonds. The SMILES string of the molecule is Cc1nc(CN2CCN(C(=O)CCCC(=O)O)CC2)cs1. The van der Waals surface area contributed by atoms with Crippen LogP contribution in [0, 0.1) is 6.92 Å². The monoisotopic (exact) mass is 311 g/mol. The predicted octanol–water partition coefficient (Wildman–Crippen LogP) is 1.35. The molecule has 0 atom stereocenters. The van der Waals surface area contributed by atoms with Gasteiger partial charge in [-0.15, -0.1) is 11.3 Å². The molecule has 1 aliphatic rings. The number of rotatable bonds is 6. The Bertz CT molecular complexity index is 495. The fourth-order valence-corrected chi connectivity index (χ4v) is 3.02. The first kappa shape index (κ1) is 15.9. The van der Waals surface area contributed by atoms with Gasteiger partial charge in [-0.25, -0.2) is 4.98 Å². The molecular weight excluding hydrogens is 290 g/mol. The lowest BCUT2D eigenvalue weighted by Crippen LogP contribution is -2.48. The summed E-state index contributed by atoms with van der Waals surface area (Å²) in [6.45, 7) is 5.97. The van der Waals surface area contributed by atoms with Crippen molar-refractivity contribution < 1.29 is 14.7 Å². The topological polar surface area (TPSA) is 73.7 Å². The van der Waals surface area contributed by atoms with E-state index >= 15 is 0 Å². The van der Waals surface area contributed by atoms with Crippen LogP contribution in [0.5, 0.6) is 0 Å². The third-order valence-corrected chi connectivity index (χ3v) is 4.38. The second-order valence-electron chi connectivity index (χ2n) is 5.26. The molecule has 1 fully saturated rings. The number of carboxylic acid groups (broad SMARTS) is 1. The van der Waals surface area contributed by atoms with Crippen molar-refractivity contribution in [3.8, 4) is 0 Å². The van der Waals surface area contributed by atoms with E-state index in [0.717, 1.165) is 43.4 Å². The Labute approximate surface area is 128 Å². The number of aryl methyl sites for hydroxylation is 1. The number of thiazole rings is 1. The van der Waals surface area contributed by atoms with Crippen molar-refractivity contribution in [3.05, 3.63) is 16.1 Å². The maximum absolute atomic E-state index is 12.0. The Hall–Kier alpha value is -1.47. The zero-order valence-corrected chi connectivity index (χ0v) is 13.1. The van der Waals surface area contributed by atoms with Crippen LogP contribution in [0.25, 0.3) is 0 Å². The molecule has 1 aromatic heterocycles. The number of hydrogen-bond donors (Lipinski definition) is 1. The minimum Gasteiger partial charge on any atom is -0.481 e. The second kappa shape index (κ2) is 7.51. The van der Waals surface area contributed by atoms with Crippen molar-refractivity contribution in [2.75, 3.05) is 26.2 Å². The first-order valence-electron chi connectivity index (χ1n) is 7.17. The van der Waals surface area contributed by atoms with Crippen molar-refractivity contribution in [1.29, 1.82) is 0 Å². The lowest BCUT2D eigenvalue weighted by atomic mass is 10.2. The van der Waals surface area contributed by atoms with Gasteiger partial charge in [0.15, 0.2) is 0 Å². The van der Waals surface area contributed by atoms with Gasteiger partial charge in [-0.3, -0.25) is 14.5 Å². The van der Waals surface area contributed by atoms with Gasteiger partial charge in [0, 0.05) is 50.9 Å². The first-order valence-corrected chi connectivity index (χ1v) is 8.05. The van der Waals surface area contributed by atoms with Gasteiger partial charge in [0.25, 0.3) is 0 Å². The van der Waals surface area contributed by atoms with Crippen LogP contribution < -0.4 is 0 Å². The van der Waals surface area contributed by atoms with Crippen LogP contribution in [-0.2, 0) is 16.1 Å². The number of piperazine rings is 1. The number of nitrogens with zero attached hydrogens (tertiary/aromatic N) is 3. The van der Waals surface area contributed by atoms with Gasteiger partial charge in [0.2, 0.25) is 5.91 Å². The van der Waals surface area contributed by atoms with Crippen LogP contribution in [0.4, 0.5) is 0 Å². The first-order chi connectivity index (χ1) is 10.0. The Kier molecular flexibility index (Phi) is 5.69. The van der Waals surface area contributed by atoms with E-state index in [-0.39, 0.29) is 12.3 Å². The number of aliphatic carboxylic acids is 1. The average molecular weight is 311 g/mol. The van der Waals surface area contributed by atoms with Gasteiger partial charge in [0.1, 0.15) is 0 Å². The summed E-state index contributed by atoms with van der Waals surface area (Å²) in [5, 5.41) is 11.7. The minimum absolute atomic E-state index is 0.0644. The van der Waals surface area contributed by atoms with Crippen molar-refractivity contribution >= 4 is 23.2 Å². The number of carbonyl (C=O) groups excluding carboxylic acids is 1. The quantitative estimate of drug-likeness (QED) is 0.858. The van der Waals surface area contributed by atoms with Gasteiger partial charge in [-0.2, -0.15) is 0 Å². The smallest absolute Gasteiger partial charge is 0.303 e. The zero-order chi connectivity index (χ0) is 15.2. The van der Waals surface area contributed by atoms with E-state index in [4.69, 9.17) is 5.11 Å². The maximum Gasteiger partial charge on any atom is 0.303 e. The van der Waals surface area contributed by atoms with Crippen molar-refractivity contribution in [1.82, 2.24) is 14.8 Å². The van der Waals surface area contributed by atoms with Crippen LogP contribution >= 0.6 is 11.3 Å². The highest BCUT2D eigenvalue weighted by Crippen LogP contribution is 2.13. The average Bonchev–Trinajstić information content (AvgIpc) is 2.84. The number of hydrogen-bond acceptors (Lipinski definition) is 5. The Morgan fingerprint density at radius 1 is 1.29 bits per heavy atom. The molecule has 1 N–H and O–H groups in total. The molecular formula is C14H21N3O3S. The van der Waals surface area contributed by atoms with Crippen LogP contribution in [0.2, 0.25) is 0 Å².